The number of anilines is 3. The highest BCUT2D eigenvalue weighted by molar-refractivity contribution is 7.99. The van der Waals surface area contributed by atoms with E-state index in [1.54, 1.807) is 0 Å². The first kappa shape index (κ1) is 34.7. The molecule has 0 aliphatic carbocycles. The molecule has 0 unspecified atom stereocenters. The van der Waals surface area contributed by atoms with Crippen LogP contribution in [0.25, 0.3) is 66.1 Å². The van der Waals surface area contributed by atoms with E-state index in [2.05, 4.69) is 193 Å². The van der Waals surface area contributed by atoms with Crippen LogP contribution in [0.15, 0.2) is 219 Å². The molecular weight excluding hydrogens is 751 g/mol. The second-order valence-electron chi connectivity index (χ2n) is 15.6. The Morgan fingerprint density at radius 2 is 0.983 bits per heavy atom. The summed E-state index contributed by atoms with van der Waals surface area (Å²) >= 11 is 1.87. The summed E-state index contributed by atoms with van der Waals surface area (Å²) in [5, 5.41) is 4.36. The third-order valence-corrected chi connectivity index (χ3v) is 13.3. The second-order valence-corrected chi connectivity index (χ2v) is 16.7. The highest BCUT2D eigenvalue weighted by Crippen LogP contribution is 2.47. The van der Waals surface area contributed by atoms with E-state index < -0.39 is 0 Å². The van der Waals surface area contributed by atoms with Gasteiger partial charge in [-0.15, -0.1) is 0 Å². The Morgan fingerprint density at radius 3 is 1.83 bits per heavy atom. The van der Waals surface area contributed by atoms with Gasteiger partial charge in [-0.3, -0.25) is 0 Å². The fourth-order valence-corrected chi connectivity index (χ4v) is 10.2. The molecule has 2 aromatic heterocycles. The molecule has 11 aromatic rings. The van der Waals surface area contributed by atoms with Gasteiger partial charge >= 0.3 is 0 Å². The van der Waals surface area contributed by atoms with E-state index in [-0.39, 0.29) is 0 Å². The maximum atomic E-state index is 6.63. The third kappa shape index (κ3) is 5.91. The number of rotatable bonds is 4. The standard InChI is InChI=1S/C56H37NO2S/c1-2-13-36(14-3-1)37-25-29-51-48(34-37)56-49(21-12-23-52(56)58-51)57(43-26-28-47-46-20-9-10-22-50(46)59-53(47)35-43)42-27-30-55-41(33-42)32-39-16-5-8-19-45(39)44-18-7-4-15-38(44)31-40-17-6-11-24-54(40)60-55/h1-30,33-35H,31-32H2. The quantitative estimate of drug-likeness (QED) is 0.178. The molecule has 1 aliphatic rings. The van der Waals surface area contributed by atoms with Crippen LogP contribution in [-0.4, -0.2) is 0 Å². The van der Waals surface area contributed by atoms with Gasteiger partial charge in [-0.25, -0.2) is 0 Å². The molecule has 12 rings (SSSR count). The Hall–Kier alpha value is -7.27. The van der Waals surface area contributed by atoms with E-state index in [4.69, 9.17) is 8.83 Å². The monoisotopic (exact) mass is 787 g/mol. The van der Waals surface area contributed by atoms with Crippen LogP contribution < -0.4 is 4.90 Å². The number of hydrogen-bond acceptors (Lipinski definition) is 4. The normalized spacial score (nSPS) is 12.5. The fraction of sp³-hybridized carbons (Fsp3) is 0.0357. The average molecular weight is 788 g/mol. The van der Waals surface area contributed by atoms with Crippen molar-refractivity contribution in [3.05, 3.63) is 222 Å². The van der Waals surface area contributed by atoms with Gasteiger partial charge in [-0.1, -0.05) is 139 Å². The number of nitrogens with zero attached hydrogens (tertiary/aromatic N) is 1. The molecule has 0 saturated carbocycles. The summed E-state index contributed by atoms with van der Waals surface area (Å²) in [5.41, 5.74) is 16.7. The zero-order valence-electron chi connectivity index (χ0n) is 32.6. The molecule has 0 N–H and O–H groups in total. The van der Waals surface area contributed by atoms with Crippen molar-refractivity contribution in [3.63, 3.8) is 0 Å². The van der Waals surface area contributed by atoms with Crippen LogP contribution in [0.3, 0.4) is 0 Å². The maximum Gasteiger partial charge on any atom is 0.137 e. The summed E-state index contributed by atoms with van der Waals surface area (Å²) in [4.78, 5) is 4.92. The van der Waals surface area contributed by atoms with Crippen molar-refractivity contribution in [3.8, 4) is 22.3 Å². The number of benzene rings is 9. The minimum absolute atomic E-state index is 0.776. The molecule has 0 fully saturated rings. The molecule has 0 bridgehead atoms. The topological polar surface area (TPSA) is 29.5 Å². The van der Waals surface area contributed by atoms with E-state index in [0.717, 1.165) is 79.3 Å². The van der Waals surface area contributed by atoms with Crippen molar-refractivity contribution in [1.82, 2.24) is 0 Å². The molecule has 0 spiro atoms. The van der Waals surface area contributed by atoms with Crippen LogP contribution in [0.5, 0.6) is 0 Å². The maximum absolute atomic E-state index is 6.63. The number of para-hydroxylation sites is 1. The lowest BCUT2D eigenvalue weighted by Crippen LogP contribution is -2.11. The number of fused-ring (bicyclic) bond motifs is 11. The molecule has 284 valence electrons. The molecule has 3 nitrogen and oxygen atoms in total. The summed E-state index contributed by atoms with van der Waals surface area (Å²) < 4.78 is 13.2. The molecule has 0 saturated heterocycles. The van der Waals surface area contributed by atoms with Crippen molar-refractivity contribution in [1.29, 1.82) is 0 Å². The largest absolute Gasteiger partial charge is 0.456 e. The van der Waals surface area contributed by atoms with Gasteiger partial charge in [-0.2, -0.15) is 0 Å². The van der Waals surface area contributed by atoms with E-state index in [0.29, 0.717) is 0 Å². The Morgan fingerprint density at radius 1 is 0.367 bits per heavy atom. The minimum atomic E-state index is 0.776. The first-order valence-corrected chi connectivity index (χ1v) is 21.3. The van der Waals surface area contributed by atoms with E-state index in [1.807, 2.05) is 23.9 Å². The van der Waals surface area contributed by atoms with Crippen LogP contribution in [0.1, 0.15) is 22.3 Å². The van der Waals surface area contributed by atoms with Crippen molar-refractivity contribution in [2.45, 2.75) is 22.6 Å². The Kier molecular flexibility index (Phi) is 8.24. The molecular formula is C56H37NO2S. The summed E-state index contributed by atoms with van der Waals surface area (Å²) in [6.45, 7) is 0. The number of hydrogen-bond donors (Lipinski definition) is 0. The van der Waals surface area contributed by atoms with Gasteiger partial charge in [-0.05, 0) is 124 Å². The van der Waals surface area contributed by atoms with Gasteiger partial charge in [0.15, 0.2) is 0 Å². The Labute approximate surface area is 352 Å². The minimum Gasteiger partial charge on any atom is -0.456 e. The SMILES string of the molecule is c1ccc(-c2ccc3oc4cccc(N(c5ccc6c(c5)Cc5ccccc5-c5ccccc5Cc5ccccc5S6)c5ccc6c(c5)oc5ccccc56)c4c3c2)cc1. The van der Waals surface area contributed by atoms with E-state index >= 15 is 0 Å². The van der Waals surface area contributed by atoms with Crippen LogP contribution in [-0.2, 0) is 12.8 Å². The van der Waals surface area contributed by atoms with Gasteiger partial charge in [0.25, 0.3) is 0 Å². The van der Waals surface area contributed by atoms with Crippen molar-refractivity contribution in [2.75, 3.05) is 4.90 Å². The Bertz CT molecular complexity index is 3430. The van der Waals surface area contributed by atoms with Gasteiger partial charge in [0.05, 0.1) is 11.1 Å². The molecule has 4 heteroatoms. The van der Waals surface area contributed by atoms with Crippen molar-refractivity contribution >= 4 is 72.7 Å². The van der Waals surface area contributed by atoms with Gasteiger partial charge in [0, 0.05) is 43.4 Å². The van der Waals surface area contributed by atoms with Crippen molar-refractivity contribution < 1.29 is 8.83 Å². The van der Waals surface area contributed by atoms with Crippen LogP contribution in [0.2, 0.25) is 0 Å². The first-order chi connectivity index (χ1) is 29.7. The highest BCUT2D eigenvalue weighted by Gasteiger charge is 2.23. The summed E-state index contributed by atoms with van der Waals surface area (Å²) in [6, 6.07) is 72.2. The predicted octanol–water partition coefficient (Wildman–Crippen LogP) is 15.9. The molecule has 9 aromatic carbocycles. The van der Waals surface area contributed by atoms with Gasteiger partial charge in [0.1, 0.15) is 22.3 Å². The first-order valence-electron chi connectivity index (χ1n) is 20.5. The lowest BCUT2D eigenvalue weighted by molar-refractivity contribution is 0.669. The predicted molar refractivity (Wildman–Crippen MR) is 249 cm³/mol. The fourth-order valence-electron chi connectivity index (χ4n) is 9.18. The van der Waals surface area contributed by atoms with Gasteiger partial charge in [0.2, 0.25) is 0 Å². The summed E-state index contributed by atoms with van der Waals surface area (Å²) in [7, 11) is 0. The molecule has 60 heavy (non-hydrogen) atoms. The highest BCUT2D eigenvalue weighted by atomic mass is 32.2. The molecule has 3 heterocycles. The zero-order chi connectivity index (χ0) is 39.6. The number of furan rings is 2. The third-order valence-electron chi connectivity index (χ3n) is 12.0. The lowest BCUT2D eigenvalue weighted by Gasteiger charge is -2.27. The van der Waals surface area contributed by atoms with E-state index in [9.17, 15) is 0 Å². The lowest BCUT2D eigenvalue weighted by atomic mass is 9.90. The Balaban J connectivity index is 1.10. The zero-order valence-corrected chi connectivity index (χ0v) is 33.5. The average Bonchev–Trinajstić information content (AvgIpc) is 3.86. The molecule has 0 radical (unpaired) electrons. The molecule has 1 aliphatic heterocycles. The molecule has 0 amide bonds. The van der Waals surface area contributed by atoms with Crippen LogP contribution >= 0.6 is 11.8 Å². The van der Waals surface area contributed by atoms with Crippen LogP contribution in [0, 0.1) is 0 Å². The summed E-state index contributed by atoms with van der Waals surface area (Å²) in [5.74, 6) is 0. The van der Waals surface area contributed by atoms with E-state index in [1.165, 1.54) is 48.7 Å². The smallest absolute Gasteiger partial charge is 0.137 e. The van der Waals surface area contributed by atoms with Crippen molar-refractivity contribution in [2.24, 2.45) is 0 Å². The summed E-state index contributed by atoms with van der Waals surface area (Å²) in [6.07, 6.45) is 1.65. The van der Waals surface area contributed by atoms with Crippen LogP contribution in [0.4, 0.5) is 17.1 Å². The molecule has 0 atom stereocenters. The van der Waals surface area contributed by atoms with Gasteiger partial charge < -0.3 is 13.7 Å². The second kappa shape index (κ2) is 14.2.